The second-order valence-electron chi connectivity index (χ2n) is 6.01. The Labute approximate surface area is 129 Å². The van der Waals surface area contributed by atoms with Crippen molar-refractivity contribution < 1.29 is 4.74 Å². The van der Waals surface area contributed by atoms with Crippen LogP contribution in [0, 0.1) is 0 Å². The summed E-state index contributed by atoms with van der Waals surface area (Å²) in [5.74, 6) is 1.35. The van der Waals surface area contributed by atoms with Crippen molar-refractivity contribution in [2.24, 2.45) is 0 Å². The molecule has 0 bridgehead atoms. The maximum atomic E-state index is 6.00. The molecule has 2 nitrogen and oxygen atoms in total. The van der Waals surface area contributed by atoms with E-state index in [-0.39, 0.29) is 0 Å². The molecule has 0 N–H and O–H groups in total. The molecule has 0 spiro atoms. The first kappa shape index (κ1) is 12.0. The predicted molar refractivity (Wildman–Crippen MR) is 87.0 cm³/mol. The Morgan fingerprint density at radius 1 is 1.00 bits per heavy atom. The van der Waals surface area contributed by atoms with Gasteiger partial charge in [0.25, 0.3) is 0 Å². The number of aromatic nitrogens is 1. The largest absolute Gasteiger partial charge is 0.488 e. The molecule has 0 saturated carbocycles. The molecule has 0 radical (unpaired) electrons. The van der Waals surface area contributed by atoms with Gasteiger partial charge in [-0.05, 0) is 40.5 Å². The molecule has 0 saturated heterocycles. The molecule has 1 aromatic heterocycles. The van der Waals surface area contributed by atoms with E-state index in [1.165, 1.54) is 33.4 Å². The first-order chi connectivity index (χ1) is 10.8. The SMILES string of the molecule is CC1c2cccnc2-c2ccc3c(c21)-c1ccccc1CO3. The van der Waals surface area contributed by atoms with E-state index in [1.807, 2.05) is 12.3 Å². The Balaban J connectivity index is 1.87. The number of benzene rings is 2. The Morgan fingerprint density at radius 2 is 1.91 bits per heavy atom. The Bertz CT molecular complexity index is 913. The number of pyridine rings is 1. The molecule has 1 aliphatic heterocycles. The highest BCUT2D eigenvalue weighted by atomic mass is 16.5. The van der Waals surface area contributed by atoms with Crippen LogP contribution in [0.5, 0.6) is 5.75 Å². The van der Waals surface area contributed by atoms with Gasteiger partial charge in [0.2, 0.25) is 0 Å². The number of rotatable bonds is 0. The van der Waals surface area contributed by atoms with E-state index in [9.17, 15) is 0 Å². The van der Waals surface area contributed by atoms with E-state index >= 15 is 0 Å². The lowest BCUT2D eigenvalue weighted by atomic mass is 9.87. The summed E-state index contributed by atoms with van der Waals surface area (Å²) in [6.45, 7) is 2.92. The van der Waals surface area contributed by atoms with Gasteiger partial charge in [-0.25, -0.2) is 0 Å². The van der Waals surface area contributed by atoms with Gasteiger partial charge < -0.3 is 4.74 Å². The zero-order valence-corrected chi connectivity index (χ0v) is 12.3. The van der Waals surface area contributed by atoms with Crippen LogP contribution in [0.4, 0.5) is 0 Å². The monoisotopic (exact) mass is 285 g/mol. The smallest absolute Gasteiger partial charge is 0.127 e. The molecule has 1 unspecified atom stereocenters. The maximum absolute atomic E-state index is 6.00. The highest BCUT2D eigenvalue weighted by Crippen LogP contribution is 2.52. The van der Waals surface area contributed by atoms with Crippen LogP contribution in [0.2, 0.25) is 0 Å². The average Bonchev–Trinajstić information content (AvgIpc) is 2.88. The highest BCUT2D eigenvalue weighted by Gasteiger charge is 2.32. The molecule has 3 aromatic rings. The lowest BCUT2D eigenvalue weighted by Gasteiger charge is -2.24. The summed E-state index contributed by atoms with van der Waals surface area (Å²) in [6, 6.07) is 17.0. The zero-order chi connectivity index (χ0) is 14.7. The van der Waals surface area contributed by atoms with Crippen LogP contribution in [0.25, 0.3) is 22.4 Å². The fourth-order valence-corrected chi connectivity index (χ4v) is 3.85. The minimum atomic E-state index is 0.350. The van der Waals surface area contributed by atoms with E-state index in [0.29, 0.717) is 12.5 Å². The third-order valence-corrected chi connectivity index (χ3v) is 4.87. The van der Waals surface area contributed by atoms with Crippen LogP contribution in [-0.4, -0.2) is 4.98 Å². The number of fused-ring (bicyclic) bond motifs is 7. The van der Waals surface area contributed by atoms with Crippen LogP contribution in [-0.2, 0) is 6.61 Å². The van der Waals surface area contributed by atoms with Crippen molar-refractivity contribution in [2.45, 2.75) is 19.4 Å². The Kier molecular flexibility index (Phi) is 2.29. The molecule has 5 rings (SSSR count). The maximum Gasteiger partial charge on any atom is 0.127 e. The van der Waals surface area contributed by atoms with Gasteiger partial charge in [0.1, 0.15) is 12.4 Å². The van der Waals surface area contributed by atoms with Crippen LogP contribution >= 0.6 is 0 Å². The fourth-order valence-electron chi connectivity index (χ4n) is 3.85. The van der Waals surface area contributed by atoms with Gasteiger partial charge in [0.15, 0.2) is 0 Å². The molecule has 0 fully saturated rings. The van der Waals surface area contributed by atoms with Gasteiger partial charge in [-0.1, -0.05) is 37.3 Å². The van der Waals surface area contributed by atoms with E-state index in [2.05, 4.69) is 54.4 Å². The molecule has 2 heterocycles. The molecule has 2 aromatic carbocycles. The van der Waals surface area contributed by atoms with Crippen molar-refractivity contribution in [2.75, 3.05) is 0 Å². The summed E-state index contributed by atoms with van der Waals surface area (Å²) in [6.07, 6.45) is 1.88. The van der Waals surface area contributed by atoms with E-state index in [0.717, 1.165) is 11.4 Å². The molecule has 2 heteroatoms. The summed E-state index contributed by atoms with van der Waals surface area (Å²) >= 11 is 0. The van der Waals surface area contributed by atoms with Crippen molar-refractivity contribution in [1.82, 2.24) is 4.98 Å². The molecule has 1 aliphatic carbocycles. The molecule has 106 valence electrons. The molecule has 2 aliphatic rings. The van der Waals surface area contributed by atoms with Crippen molar-refractivity contribution in [1.29, 1.82) is 0 Å². The molecule has 0 amide bonds. The van der Waals surface area contributed by atoms with Crippen LogP contribution in [0.1, 0.15) is 29.5 Å². The van der Waals surface area contributed by atoms with Crippen LogP contribution in [0.3, 0.4) is 0 Å². The normalized spacial score (nSPS) is 17.0. The third kappa shape index (κ3) is 1.42. The van der Waals surface area contributed by atoms with Gasteiger partial charge in [-0.2, -0.15) is 0 Å². The summed E-state index contributed by atoms with van der Waals surface area (Å²) < 4.78 is 6.00. The number of ether oxygens (including phenoxy) is 1. The lowest BCUT2D eigenvalue weighted by Crippen LogP contribution is -2.08. The minimum absolute atomic E-state index is 0.350. The number of nitrogens with zero attached hydrogens (tertiary/aromatic N) is 1. The van der Waals surface area contributed by atoms with E-state index in [4.69, 9.17) is 4.74 Å². The summed E-state index contributed by atoms with van der Waals surface area (Å²) in [5.41, 5.74) is 8.87. The molecular weight excluding hydrogens is 270 g/mol. The topological polar surface area (TPSA) is 22.1 Å². The predicted octanol–water partition coefficient (Wildman–Crippen LogP) is 4.77. The number of hydrogen-bond acceptors (Lipinski definition) is 2. The average molecular weight is 285 g/mol. The van der Waals surface area contributed by atoms with Gasteiger partial charge >= 0.3 is 0 Å². The second-order valence-corrected chi connectivity index (χ2v) is 6.01. The minimum Gasteiger partial charge on any atom is -0.488 e. The molecule has 22 heavy (non-hydrogen) atoms. The summed E-state index contributed by atoms with van der Waals surface area (Å²) in [4.78, 5) is 4.62. The fraction of sp³-hybridized carbons (Fsp3) is 0.150. The van der Waals surface area contributed by atoms with Crippen molar-refractivity contribution in [3.8, 4) is 28.1 Å². The van der Waals surface area contributed by atoms with Crippen molar-refractivity contribution >= 4 is 0 Å². The second kappa shape index (κ2) is 4.20. The molecular formula is C20H15NO. The van der Waals surface area contributed by atoms with Gasteiger partial charge in [-0.15, -0.1) is 0 Å². The molecule has 1 atom stereocenters. The van der Waals surface area contributed by atoms with Crippen LogP contribution in [0.15, 0.2) is 54.7 Å². The van der Waals surface area contributed by atoms with E-state index < -0.39 is 0 Å². The van der Waals surface area contributed by atoms with Gasteiger partial charge in [-0.3, -0.25) is 4.98 Å². The standard InChI is InChI=1S/C20H15NO/c1-12-14-7-4-10-21-20(14)16-8-9-17-19(18(12)16)15-6-3-2-5-13(15)11-22-17/h2-10,12H,11H2,1H3. The lowest BCUT2D eigenvalue weighted by molar-refractivity contribution is 0.302. The van der Waals surface area contributed by atoms with E-state index in [1.54, 1.807) is 0 Å². The Hall–Kier alpha value is -2.61. The summed E-state index contributed by atoms with van der Waals surface area (Å²) in [7, 11) is 0. The van der Waals surface area contributed by atoms with Crippen molar-refractivity contribution in [3.05, 3.63) is 71.4 Å². The highest BCUT2D eigenvalue weighted by molar-refractivity contribution is 5.89. The zero-order valence-electron chi connectivity index (χ0n) is 12.3. The van der Waals surface area contributed by atoms with Crippen LogP contribution < -0.4 is 4.74 Å². The third-order valence-electron chi connectivity index (χ3n) is 4.87. The number of hydrogen-bond donors (Lipinski definition) is 0. The first-order valence-corrected chi connectivity index (χ1v) is 7.68. The Morgan fingerprint density at radius 3 is 2.86 bits per heavy atom. The first-order valence-electron chi connectivity index (χ1n) is 7.68. The quantitative estimate of drug-likeness (QED) is 0.593. The van der Waals surface area contributed by atoms with Crippen molar-refractivity contribution in [3.63, 3.8) is 0 Å². The van der Waals surface area contributed by atoms with Gasteiger partial charge in [0.05, 0.1) is 5.69 Å². The van der Waals surface area contributed by atoms with Gasteiger partial charge in [0, 0.05) is 23.2 Å². The summed E-state index contributed by atoms with van der Waals surface area (Å²) in [5, 5.41) is 0.